The first kappa shape index (κ1) is 21.0. The standard InChI is InChI=1S/C23H20N4O5/c1-2-32-23(29)24-15-8-5-7-14(13-15)22(28)26-20-16-9-3-4-11-18(16)25-21-17(20)10-6-12-19(21)27(30)31/h3-13,22,28H,2H2,1H3,(H,24,29)(H,25,26). The number of anilines is 2. The molecular weight excluding hydrogens is 412 g/mol. The van der Waals surface area contributed by atoms with Crippen LogP contribution in [0.1, 0.15) is 18.7 Å². The molecule has 162 valence electrons. The second-order valence-corrected chi connectivity index (χ2v) is 6.95. The van der Waals surface area contributed by atoms with E-state index in [-0.39, 0.29) is 17.8 Å². The zero-order valence-corrected chi connectivity index (χ0v) is 17.1. The molecule has 0 aliphatic heterocycles. The van der Waals surface area contributed by atoms with Crippen molar-refractivity contribution in [3.63, 3.8) is 0 Å². The lowest BCUT2D eigenvalue weighted by Crippen LogP contribution is -2.15. The molecule has 9 heteroatoms. The molecule has 9 nitrogen and oxygen atoms in total. The van der Waals surface area contributed by atoms with Gasteiger partial charge in [0.1, 0.15) is 0 Å². The van der Waals surface area contributed by atoms with Gasteiger partial charge in [-0.05, 0) is 25.1 Å². The highest BCUT2D eigenvalue weighted by Crippen LogP contribution is 2.36. The molecule has 0 aliphatic rings. The molecule has 1 unspecified atom stereocenters. The molecule has 1 amide bonds. The number of hydrogen-bond acceptors (Lipinski definition) is 7. The minimum Gasteiger partial charge on any atom is -0.450 e. The largest absolute Gasteiger partial charge is 0.450 e. The number of nitro groups is 1. The Bertz CT molecular complexity index is 1320. The number of rotatable bonds is 6. The topological polar surface area (TPSA) is 127 Å². The summed E-state index contributed by atoms with van der Waals surface area (Å²) >= 11 is 0. The molecule has 0 saturated heterocycles. The van der Waals surface area contributed by atoms with Gasteiger partial charge < -0.3 is 15.2 Å². The first-order valence-corrected chi connectivity index (χ1v) is 9.92. The number of non-ortho nitro benzene ring substituents is 1. The van der Waals surface area contributed by atoms with Gasteiger partial charge in [0.05, 0.1) is 22.7 Å². The summed E-state index contributed by atoms with van der Waals surface area (Å²) < 4.78 is 4.88. The van der Waals surface area contributed by atoms with Gasteiger partial charge in [0, 0.05) is 28.1 Å². The van der Waals surface area contributed by atoms with E-state index in [9.17, 15) is 20.0 Å². The van der Waals surface area contributed by atoms with E-state index in [2.05, 4.69) is 15.6 Å². The summed E-state index contributed by atoms with van der Waals surface area (Å²) in [6.45, 7) is 1.95. The number of ether oxygens (including phenoxy) is 1. The van der Waals surface area contributed by atoms with Crippen molar-refractivity contribution in [1.82, 2.24) is 4.98 Å². The molecule has 0 aliphatic carbocycles. The van der Waals surface area contributed by atoms with Crippen LogP contribution in [0, 0.1) is 10.1 Å². The molecule has 1 heterocycles. The van der Waals surface area contributed by atoms with E-state index in [1.807, 2.05) is 12.1 Å². The van der Waals surface area contributed by atoms with Gasteiger partial charge in [-0.15, -0.1) is 0 Å². The summed E-state index contributed by atoms with van der Waals surface area (Å²) in [4.78, 5) is 27.2. The Balaban J connectivity index is 1.76. The van der Waals surface area contributed by atoms with Crippen LogP contribution in [0.4, 0.5) is 21.9 Å². The first-order valence-electron chi connectivity index (χ1n) is 9.92. The van der Waals surface area contributed by atoms with Crippen LogP contribution >= 0.6 is 0 Å². The molecule has 1 aromatic heterocycles. The molecule has 4 aromatic rings. The molecule has 32 heavy (non-hydrogen) atoms. The second kappa shape index (κ2) is 8.86. The van der Waals surface area contributed by atoms with E-state index in [4.69, 9.17) is 4.74 Å². The van der Waals surface area contributed by atoms with Gasteiger partial charge in [0.25, 0.3) is 5.69 Å². The zero-order valence-electron chi connectivity index (χ0n) is 17.1. The lowest BCUT2D eigenvalue weighted by atomic mass is 10.1. The van der Waals surface area contributed by atoms with Crippen LogP contribution in [0.15, 0.2) is 66.7 Å². The summed E-state index contributed by atoms with van der Waals surface area (Å²) in [5.74, 6) is 0. The van der Waals surface area contributed by atoms with Crippen LogP contribution < -0.4 is 10.6 Å². The van der Waals surface area contributed by atoms with Gasteiger partial charge >= 0.3 is 6.09 Å². The number of aliphatic hydroxyl groups is 1. The molecule has 4 rings (SSSR count). The SMILES string of the molecule is CCOC(=O)Nc1cccc(C(O)Nc2c3ccccc3nc3c([N+](=O)[O-])cccc23)c1. The van der Waals surface area contributed by atoms with Crippen LogP contribution in [0.25, 0.3) is 21.8 Å². The van der Waals surface area contributed by atoms with Crippen molar-refractivity contribution in [1.29, 1.82) is 0 Å². The zero-order chi connectivity index (χ0) is 22.7. The van der Waals surface area contributed by atoms with E-state index in [0.717, 1.165) is 0 Å². The predicted molar refractivity (Wildman–Crippen MR) is 122 cm³/mol. The predicted octanol–water partition coefficient (Wildman–Crippen LogP) is 4.97. The van der Waals surface area contributed by atoms with Crippen molar-refractivity contribution in [3.05, 3.63) is 82.4 Å². The van der Waals surface area contributed by atoms with Gasteiger partial charge in [-0.3, -0.25) is 15.4 Å². The fraction of sp³-hybridized carbons (Fsp3) is 0.130. The highest BCUT2D eigenvalue weighted by molar-refractivity contribution is 6.09. The summed E-state index contributed by atoms with van der Waals surface area (Å²) in [5.41, 5.74) is 2.13. The van der Waals surface area contributed by atoms with Crippen molar-refractivity contribution in [2.75, 3.05) is 17.2 Å². The molecule has 1 atom stereocenters. The summed E-state index contributed by atoms with van der Waals surface area (Å²) in [7, 11) is 0. The number of benzene rings is 3. The van der Waals surface area contributed by atoms with E-state index in [0.29, 0.717) is 33.2 Å². The average Bonchev–Trinajstić information content (AvgIpc) is 2.78. The lowest BCUT2D eigenvalue weighted by Gasteiger charge is -2.19. The number of fused-ring (bicyclic) bond motifs is 2. The van der Waals surface area contributed by atoms with E-state index in [1.54, 1.807) is 55.5 Å². The summed E-state index contributed by atoms with van der Waals surface area (Å²) in [6.07, 6.45) is -1.75. The number of nitrogens with zero attached hydrogens (tertiary/aromatic N) is 2. The normalized spacial score (nSPS) is 11.8. The second-order valence-electron chi connectivity index (χ2n) is 6.95. The first-order chi connectivity index (χ1) is 15.5. The molecule has 3 N–H and O–H groups in total. The minimum atomic E-state index is -1.16. The van der Waals surface area contributed by atoms with Crippen molar-refractivity contribution in [2.24, 2.45) is 0 Å². The maximum atomic E-state index is 11.7. The van der Waals surface area contributed by atoms with Crippen LogP contribution in [0.5, 0.6) is 0 Å². The van der Waals surface area contributed by atoms with E-state index >= 15 is 0 Å². The lowest BCUT2D eigenvalue weighted by molar-refractivity contribution is -0.383. The smallest absolute Gasteiger partial charge is 0.411 e. The number of carbonyl (C=O) groups is 1. The number of nitro benzene ring substituents is 1. The Morgan fingerprint density at radius 2 is 1.88 bits per heavy atom. The minimum absolute atomic E-state index is 0.119. The Morgan fingerprint density at radius 3 is 2.66 bits per heavy atom. The molecular formula is C23H20N4O5. The molecule has 0 saturated carbocycles. The van der Waals surface area contributed by atoms with Gasteiger partial charge in [-0.25, -0.2) is 9.78 Å². The van der Waals surface area contributed by atoms with Gasteiger partial charge in [-0.2, -0.15) is 0 Å². The Morgan fingerprint density at radius 1 is 1.12 bits per heavy atom. The maximum absolute atomic E-state index is 11.7. The molecule has 0 bridgehead atoms. The van der Waals surface area contributed by atoms with Crippen LogP contribution in [-0.2, 0) is 4.74 Å². The highest BCUT2D eigenvalue weighted by Gasteiger charge is 2.19. The average molecular weight is 432 g/mol. The maximum Gasteiger partial charge on any atom is 0.411 e. The fourth-order valence-electron chi connectivity index (χ4n) is 3.49. The molecule has 3 aromatic carbocycles. The summed E-state index contributed by atoms with van der Waals surface area (Å²) in [6, 6.07) is 18.6. The molecule has 0 fully saturated rings. The van der Waals surface area contributed by atoms with Crippen LogP contribution in [0.2, 0.25) is 0 Å². The van der Waals surface area contributed by atoms with Gasteiger partial charge in [-0.1, -0.05) is 42.5 Å². The number of aliphatic hydroxyl groups excluding tert-OH is 1. The number of nitrogens with one attached hydrogen (secondary N) is 2. The third kappa shape index (κ3) is 4.14. The third-order valence-electron chi connectivity index (χ3n) is 4.89. The van der Waals surface area contributed by atoms with Gasteiger partial charge in [0.15, 0.2) is 11.7 Å². The van der Waals surface area contributed by atoms with Crippen molar-refractivity contribution >= 4 is 45.0 Å². The number of carbonyl (C=O) groups excluding carboxylic acids is 1. The van der Waals surface area contributed by atoms with Crippen molar-refractivity contribution in [2.45, 2.75) is 13.2 Å². The Labute approximate surface area is 182 Å². The van der Waals surface area contributed by atoms with Gasteiger partial charge in [0.2, 0.25) is 0 Å². The molecule has 0 spiro atoms. The number of amides is 1. The monoisotopic (exact) mass is 432 g/mol. The third-order valence-corrected chi connectivity index (χ3v) is 4.89. The summed E-state index contributed by atoms with van der Waals surface area (Å²) in [5, 5.41) is 29.3. The Kier molecular flexibility index (Phi) is 5.82. The molecule has 0 radical (unpaired) electrons. The van der Waals surface area contributed by atoms with Crippen molar-refractivity contribution in [3.8, 4) is 0 Å². The Hall–Kier alpha value is -4.24. The van der Waals surface area contributed by atoms with E-state index in [1.165, 1.54) is 6.07 Å². The number of para-hydroxylation sites is 2. The quantitative estimate of drug-likeness (QED) is 0.170. The van der Waals surface area contributed by atoms with Crippen LogP contribution in [0.3, 0.4) is 0 Å². The number of aromatic nitrogens is 1. The van der Waals surface area contributed by atoms with E-state index < -0.39 is 17.2 Å². The number of hydrogen-bond donors (Lipinski definition) is 3. The highest BCUT2D eigenvalue weighted by atomic mass is 16.6. The fourth-order valence-corrected chi connectivity index (χ4v) is 3.49. The van der Waals surface area contributed by atoms with Crippen molar-refractivity contribution < 1.29 is 19.6 Å². The van der Waals surface area contributed by atoms with Crippen LogP contribution in [-0.4, -0.2) is 27.7 Å². The number of pyridine rings is 1.